The van der Waals surface area contributed by atoms with Gasteiger partial charge in [-0.15, -0.1) is 0 Å². The molecule has 7 heteroatoms. The van der Waals surface area contributed by atoms with Gasteiger partial charge < -0.3 is 14.8 Å². The van der Waals surface area contributed by atoms with E-state index in [1.165, 1.54) is 12.0 Å². The van der Waals surface area contributed by atoms with Crippen molar-refractivity contribution in [3.63, 3.8) is 0 Å². The number of methoxy groups -OCH3 is 1. The Bertz CT molecular complexity index is 1180. The van der Waals surface area contributed by atoms with Gasteiger partial charge in [0.1, 0.15) is 12.6 Å². The van der Waals surface area contributed by atoms with E-state index in [4.69, 9.17) is 9.47 Å². The van der Waals surface area contributed by atoms with Crippen LogP contribution in [0.5, 0.6) is 0 Å². The number of anilines is 1. The van der Waals surface area contributed by atoms with Crippen molar-refractivity contribution in [1.29, 1.82) is 0 Å². The van der Waals surface area contributed by atoms with E-state index >= 15 is 0 Å². The first kappa shape index (κ1) is 25.0. The van der Waals surface area contributed by atoms with Gasteiger partial charge >= 0.3 is 12.1 Å². The average Bonchev–Trinajstić information content (AvgIpc) is 3.32. The van der Waals surface area contributed by atoms with Crippen LogP contribution in [0.2, 0.25) is 0 Å². The predicted molar refractivity (Wildman–Crippen MR) is 136 cm³/mol. The smallest absolute Gasteiger partial charge is 0.417 e. The molecule has 1 saturated heterocycles. The minimum absolute atomic E-state index is 0.109. The maximum atomic E-state index is 13.9. The fourth-order valence-electron chi connectivity index (χ4n) is 4.42. The Morgan fingerprint density at radius 1 is 1.00 bits per heavy atom. The fourth-order valence-corrected chi connectivity index (χ4v) is 4.42. The summed E-state index contributed by atoms with van der Waals surface area (Å²) in [4.78, 5) is 39.8. The number of nitrogens with zero attached hydrogens (tertiary/aromatic N) is 1. The number of esters is 1. The lowest BCUT2D eigenvalue weighted by Gasteiger charge is -2.29. The third-order valence-electron chi connectivity index (χ3n) is 6.53. The molecule has 4 rings (SSSR count). The lowest BCUT2D eigenvalue weighted by Crippen LogP contribution is -2.42. The van der Waals surface area contributed by atoms with Crippen molar-refractivity contribution < 1.29 is 23.9 Å². The van der Waals surface area contributed by atoms with Crippen LogP contribution in [0.15, 0.2) is 84.9 Å². The number of carbonyl (C=O) groups is 3. The summed E-state index contributed by atoms with van der Waals surface area (Å²) in [7, 11) is 1.34. The van der Waals surface area contributed by atoms with Crippen molar-refractivity contribution in [2.45, 2.75) is 19.4 Å². The number of benzene rings is 3. The van der Waals surface area contributed by atoms with Crippen LogP contribution in [-0.2, 0) is 20.7 Å². The van der Waals surface area contributed by atoms with Crippen molar-refractivity contribution in [3.05, 3.63) is 102 Å². The molecule has 3 aromatic rings. The Hall–Kier alpha value is -4.13. The van der Waals surface area contributed by atoms with Gasteiger partial charge in [-0.1, -0.05) is 67.6 Å². The Morgan fingerprint density at radius 3 is 2.28 bits per heavy atom. The molecule has 186 valence electrons. The van der Waals surface area contributed by atoms with Gasteiger partial charge in [0.05, 0.1) is 12.7 Å². The molecule has 3 aromatic carbocycles. The maximum Gasteiger partial charge on any atom is 0.417 e. The summed E-state index contributed by atoms with van der Waals surface area (Å²) in [5.74, 6) is -1.30. The monoisotopic (exact) mass is 486 g/mol. The maximum absolute atomic E-state index is 13.9. The zero-order chi connectivity index (χ0) is 25.5. The van der Waals surface area contributed by atoms with Crippen molar-refractivity contribution in [3.8, 4) is 0 Å². The largest absolute Gasteiger partial charge is 0.465 e. The molecule has 2 amide bonds. The van der Waals surface area contributed by atoms with Crippen LogP contribution in [0.3, 0.4) is 0 Å². The highest BCUT2D eigenvalue weighted by Gasteiger charge is 2.42. The normalized spacial score (nSPS) is 16.7. The highest BCUT2D eigenvalue weighted by atomic mass is 16.6. The van der Waals surface area contributed by atoms with Gasteiger partial charge in [-0.05, 0) is 47.7 Å². The molecular formula is C29H30N2O5. The second-order valence-corrected chi connectivity index (χ2v) is 8.93. The summed E-state index contributed by atoms with van der Waals surface area (Å²) < 4.78 is 10.1. The highest BCUT2D eigenvalue weighted by Crippen LogP contribution is 2.32. The first-order valence-electron chi connectivity index (χ1n) is 12.0. The molecule has 0 radical (unpaired) electrons. The molecule has 3 atom stereocenters. The highest BCUT2D eigenvalue weighted by molar-refractivity contribution is 5.95. The van der Waals surface area contributed by atoms with E-state index in [2.05, 4.69) is 5.32 Å². The number of amides is 2. The van der Waals surface area contributed by atoms with E-state index in [1.54, 1.807) is 12.1 Å². The van der Waals surface area contributed by atoms with Crippen LogP contribution in [0.25, 0.3) is 0 Å². The molecule has 0 bridgehead atoms. The summed E-state index contributed by atoms with van der Waals surface area (Å²) in [6, 6.07) is 25.8. The summed E-state index contributed by atoms with van der Waals surface area (Å²) in [6.07, 6.45) is -0.216. The number of imide groups is 1. The Kier molecular flexibility index (Phi) is 8.00. The van der Waals surface area contributed by atoms with Gasteiger partial charge in [0.25, 0.3) is 0 Å². The number of ether oxygens (including phenoxy) is 2. The van der Waals surface area contributed by atoms with Gasteiger partial charge in [0, 0.05) is 18.2 Å². The molecule has 1 aliphatic rings. The Labute approximate surface area is 211 Å². The van der Waals surface area contributed by atoms with Gasteiger partial charge in [-0.3, -0.25) is 4.79 Å². The zero-order valence-corrected chi connectivity index (χ0v) is 20.4. The van der Waals surface area contributed by atoms with Crippen molar-refractivity contribution in [2.75, 3.05) is 25.6 Å². The average molecular weight is 487 g/mol. The predicted octanol–water partition coefficient (Wildman–Crippen LogP) is 5.10. The van der Waals surface area contributed by atoms with Gasteiger partial charge in [0.2, 0.25) is 5.91 Å². The lowest BCUT2D eigenvalue weighted by molar-refractivity contribution is -0.135. The van der Waals surface area contributed by atoms with E-state index in [0.717, 1.165) is 16.8 Å². The second-order valence-electron chi connectivity index (χ2n) is 8.93. The number of nitrogens with one attached hydrogen (secondary N) is 1. The van der Waals surface area contributed by atoms with Crippen molar-refractivity contribution in [2.24, 2.45) is 11.8 Å². The van der Waals surface area contributed by atoms with Crippen LogP contribution < -0.4 is 5.32 Å². The van der Waals surface area contributed by atoms with Crippen LogP contribution in [0, 0.1) is 11.8 Å². The van der Waals surface area contributed by atoms with E-state index < -0.39 is 24.0 Å². The van der Waals surface area contributed by atoms with E-state index in [9.17, 15) is 14.4 Å². The van der Waals surface area contributed by atoms with Gasteiger partial charge in [0.15, 0.2) is 0 Å². The zero-order valence-electron chi connectivity index (χ0n) is 20.4. The fraction of sp³-hybridized carbons (Fsp3) is 0.276. The number of hydrogen-bond donors (Lipinski definition) is 1. The molecule has 0 saturated carbocycles. The van der Waals surface area contributed by atoms with E-state index in [-0.39, 0.29) is 18.4 Å². The molecule has 1 N–H and O–H groups in total. The quantitative estimate of drug-likeness (QED) is 0.424. The third kappa shape index (κ3) is 5.74. The number of para-hydroxylation sites is 1. The van der Waals surface area contributed by atoms with Gasteiger partial charge in [-0.25, -0.2) is 14.5 Å². The standard InChI is InChI=1S/C29H30N2O5/c1-20(18-30-24-11-7-4-8-12-24)25(17-21-13-15-23(16-14-21)28(33)35-2)27(32)31-26(19-36-29(31)34)22-9-5-3-6-10-22/h3-16,20,25-26,30H,17-19H2,1-2H3/t20?,25-,26-/m1/s1. The first-order valence-corrected chi connectivity index (χ1v) is 12.0. The van der Waals surface area contributed by atoms with E-state index in [1.807, 2.05) is 79.7 Å². The number of rotatable bonds is 9. The molecule has 1 unspecified atom stereocenters. The number of hydrogen-bond acceptors (Lipinski definition) is 6. The summed E-state index contributed by atoms with van der Waals surface area (Å²) >= 11 is 0. The molecule has 0 aromatic heterocycles. The van der Waals surface area contributed by atoms with Crippen LogP contribution in [0.4, 0.5) is 10.5 Å². The number of cyclic esters (lactones) is 1. The molecule has 0 spiro atoms. The molecule has 1 heterocycles. The molecule has 0 aliphatic carbocycles. The summed E-state index contributed by atoms with van der Waals surface area (Å²) in [5, 5.41) is 3.39. The van der Waals surface area contributed by atoms with Crippen molar-refractivity contribution in [1.82, 2.24) is 4.90 Å². The first-order chi connectivity index (χ1) is 17.5. The summed E-state index contributed by atoms with van der Waals surface area (Å²) in [6.45, 7) is 2.67. The van der Waals surface area contributed by atoms with Crippen LogP contribution in [0.1, 0.15) is 34.5 Å². The molecular weight excluding hydrogens is 456 g/mol. The molecule has 1 aliphatic heterocycles. The lowest BCUT2D eigenvalue weighted by atomic mass is 9.85. The van der Waals surface area contributed by atoms with E-state index in [0.29, 0.717) is 18.5 Å². The number of carbonyl (C=O) groups excluding carboxylic acids is 3. The van der Waals surface area contributed by atoms with Crippen LogP contribution in [-0.4, -0.2) is 43.1 Å². The minimum atomic E-state index is -0.622. The second kappa shape index (κ2) is 11.5. The molecule has 1 fully saturated rings. The minimum Gasteiger partial charge on any atom is -0.465 e. The Balaban J connectivity index is 1.59. The van der Waals surface area contributed by atoms with Crippen LogP contribution >= 0.6 is 0 Å². The third-order valence-corrected chi connectivity index (χ3v) is 6.53. The summed E-state index contributed by atoms with van der Waals surface area (Å²) in [5.41, 5.74) is 3.14. The van der Waals surface area contributed by atoms with Crippen molar-refractivity contribution >= 4 is 23.7 Å². The SMILES string of the molecule is COC(=O)c1ccc(C[C@@H](C(=O)N2C(=O)OC[C@@H]2c2ccccc2)C(C)CNc2ccccc2)cc1. The Morgan fingerprint density at radius 2 is 1.64 bits per heavy atom. The topological polar surface area (TPSA) is 84.9 Å². The molecule has 36 heavy (non-hydrogen) atoms. The molecule has 7 nitrogen and oxygen atoms in total. The van der Waals surface area contributed by atoms with Gasteiger partial charge in [-0.2, -0.15) is 0 Å².